The van der Waals surface area contributed by atoms with Crippen molar-refractivity contribution in [3.05, 3.63) is 87.6 Å². The summed E-state index contributed by atoms with van der Waals surface area (Å²) >= 11 is 1.25. The van der Waals surface area contributed by atoms with Gasteiger partial charge in [-0.1, -0.05) is 81.4 Å². The van der Waals surface area contributed by atoms with E-state index >= 15 is 0 Å². The van der Waals surface area contributed by atoms with Crippen LogP contribution in [0.15, 0.2) is 66.7 Å². The molecule has 0 radical (unpaired) electrons. The summed E-state index contributed by atoms with van der Waals surface area (Å²) in [5, 5.41) is 2.76. The highest BCUT2D eigenvalue weighted by atomic mass is 32.1. The van der Waals surface area contributed by atoms with Gasteiger partial charge in [0.15, 0.2) is 9.76 Å². The number of esters is 1. The number of nitrogens with one attached hydrogen (secondary N) is 1. The van der Waals surface area contributed by atoms with Gasteiger partial charge >= 0.3 is 12.1 Å². The first-order chi connectivity index (χ1) is 16.9. The van der Waals surface area contributed by atoms with E-state index in [1.807, 2.05) is 60.7 Å². The molecule has 1 aromatic heterocycles. The van der Waals surface area contributed by atoms with Crippen LogP contribution in [0.4, 0.5) is 10.5 Å². The van der Waals surface area contributed by atoms with Crippen LogP contribution in [0.3, 0.4) is 0 Å². The van der Waals surface area contributed by atoms with E-state index in [9.17, 15) is 9.59 Å². The Morgan fingerprint density at radius 2 is 1.39 bits per heavy atom. The summed E-state index contributed by atoms with van der Waals surface area (Å²) in [6.45, 7) is 11.9. The van der Waals surface area contributed by atoms with Gasteiger partial charge in [-0.2, -0.15) is 0 Å². The zero-order chi connectivity index (χ0) is 26.6. The summed E-state index contributed by atoms with van der Waals surface area (Å²) in [7, 11) is 0.243. The summed E-state index contributed by atoms with van der Waals surface area (Å²) in [6.07, 6.45) is -0.646. The Kier molecular flexibility index (Phi) is 8.43. The van der Waals surface area contributed by atoms with Crippen molar-refractivity contribution in [1.29, 1.82) is 0 Å². The normalized spacial score (nSPS) is 12.5. The number of rotatable bonds is 7. The summed E-state index contributed by atoms with van der Waals surface area (Å²) in [6, 6.07) is 21.8. The van der Waals surface area contributed by atoms with E-state index in [1.54, 1.807) is 26.8 Å². The molecule has 8 heteroatoms. The van der Waals surface area contributed by atoms with Gasteiger partial charge in [0.25, 0.3) is 0 Å². The second-order valence-corrected chi connectivity index (χ2v) is 14.5. The van der Waals surface area contributed by atoms with Gasteiger partial charge in [0.2, 0.25) is 0 Å². The number of hydrogen-bond acceptors (Lipinski definition) is 6. The number of methoxy groups -OCH3 is 1. The molecule has 1 N–H and O–H groups in total. The Bertz CT molecular complexity index is 1140. The fourth-order valence-corrected chi connectivity index (χ4v) is 6.14. The summed E-state index contributed by atoms with van der Waals surface area (Å²) in [4.78, 5) is 26.5. The van der Waals surface area contributed by atoms with Crippen LogP contribution in [0.25, 0.3) is 0 Å². The molecule has 0 aliphatic heterocycles. The lowest BCUT2D eigenvalue weighted by Gasteiger charge is -2.37. The van der Waals surface area contributed by atoms with E-state index in [1.165, 1.54) is 18.4 Å². The average Bonchev–Trinajstić information content (AvgIpc) is 3.22. The van der Waals surface area contributed by atoms with Gasteiger partial charge in [-0.25, -0.2) is 9.59 Å². The van der Waals surface area contributed by atoms with Gasteiger partial charge in [0.1, 0.15) is 16.1 Å². The lowest BCUT2D eigenvalue weighted by atomic mass is 9.85. The predicted octanol–water partition coefficient (Wildman–Crippen LogP) is 6.49. The Hall–Kier alpha value is -2.94. The van der Waals surface area contributed by atoms with Gasteiger partial charge in [-0.05, 0) is 43.0 Å². The maximum Gasteiger partial charge on any atom is 0.412 e. The minimum Gasteiger partial charge on any atom is -0.465 e. The topological polar surface area (TPSA) is 73.9 Å². The number of ether oxygens (including phenoxy) is 2. The lowest BCUT2D eigenvalue weighted by molar-refractivity contribution is 0.0607. The Morgan fingerprint density at radius 3 is 1.83 bits per heavy atom. The molecular formula is C28H35NO5SSi. The van der Waals surface area contributed by atoms with Crippen LogP contribution in [-0.2, 0) is 19.5 Å². The van der Waals surface area contributed by atoms with Gasteiger partial charge in [-0.15, -0.1) is 11.3 Å². The zero-order valence-electron chi connectivity index (χ0n) is 22.0. The molecule has 0 saturated carbocycles. The van der Waals surface area contributed by atoms with Gasteiger partial charge in [0.05, 0.1) is 12.8 Å². The van der Waals surface area contributed by atoms with Crippen molar-refractivity contribution < 1.29 is 23.5 Å². The van der Waals surface area contributed by atoms with Crippen LogP contribution in [0.1, 0.15) is 67.2 Å². The SMILES string of the molecule is COC(=O)c1sc(C(O[SiH2]C(C)(C)C)(c2ccccc2)c2ccccc2)cc1NC(=O)OC(C)(C)C. The van der Waals surface area contributed by atoms with Crippen molar-refractivity contribution in [2.45, 2.75) is 57.8 Å². The number of carbonyl (C=O) groups excluding carboxylic acids is 2. The molecule has 0 spiro atoms. The van der Waals surface area contributed by atoms with Gasteiger partial charge < -0.3 is 13.9 Å². The molecular weight excluding hydrogens is 490 g/mol. The van der Waals surface area contributed by atoms with E-state index in [4.69, 9.17) is 13.9 Å². The maximum absolute atomic E-state index is 12.8. The second kappa shape index (κ2) is 11.0. The van der Waals surface area contributed by atoms with Crippen LogP contribution in [0.5, 0.6) is 0 Å². The van der Waals surface area contributed by atoms with E-state index in [0.717, 1.165) is 16.0 Å². The van der Waals surface area contributed by atoms with Crippen molar-refractivity contribution in [2.75, 3.05) is 12.4 Å². The third-order valence-corrected chi connectivity index (χ3v) is 7.83. The maximum atomic E-state index is 12.8. The Balaban J connectivity index is 2.25. The highest BCUT2D eigenvalue weighted by Gasteiger charge is 2.41. The van der Waals surface area contributed by atoms with E-state index in [2.05, 4.69) is 26.1 Å². The number of thiophene rings is 1. The van der Waals surface area contributed by atoms with Gasteiger partial charge in [0, 0.05) is 4.88 Å². The van der Waals surface area contributed by atoms with Gasteiger partial charge in [-0.3, -0.25) is 5.32 Å². The van der Waals surface area contributed by atoms with Crippen molar-refractivity contribution in [1.82, 2.24) is 0 Å². The Morgan fingerprint density at radius 1 is 0.861 bits per heavy atom. The molecule has 0 atom stereocenters. The fourth-order valence-electron chi connectivity index (χ4n) is 3.67. The van der Waals surface area contributed by atoms with E-state index in [-0.39, 0.29) is 9.92 Å². The largest absolute Gasteiger partial charge is 0.465 e. The third-order valence-electron chi connectivity index (χ3n) is 5.17. The predicted molar refractivity (Wildman–Crippen MR) is 148 cm³/mol. The monoisotopic (exact) mass is 525 g/mol. The number of hydrogen-bond donors (Lipinski definition) is 1. The quantitative estimate of drug-likeness (QED) is 0.282. The van der Waals surface area contributed by atoms with Crippen LogP contribution < -0.4 is 5.32 Å². The van der Waals surface area contributed by atoms with Crippen LogP contribution in [-0.4, -0.2) is 34.5 Å². The number of benzene rings is 2. The molecule has 0 unspecified atom stereocenters. The average molecular weight is 526 g/mol. The molecule has 0 saturated heterocycles. The zero-order valence-corrected chi connectivity index (χ0v) is 24.2. The molecule has 1 heterocycles. The minimum atomic E-state index is -1.08. The first kappa shape index (κ1) is 27.6. The second-order valence-electron chi connectivity index (χ2n) is 10.7. The number of carbonyl (C=O) groups is 2. The summed E-state index contributed by atoms with van der Waals surface area (Å²) in [5.74, 6) is -0.541. The first-order valence-corrected chi connectivity index (χ1v) is 13.9. The van der Waals surface area contributed by atoms with Crippen molar-refractivity contribution in [3.63, 3.8) is 0 Å². The number of amides is 1. The molecule has 6 nitrogen and oxygen atoms in total. The highest BCUT2D eigenvalue weighted by Crippen LogP contribution is 2.46. The van der Waals surface area contributed by atoms with Crippen LogP contribution in [0.2, 0.25) is 5.04 Å². The standard InChI is InChI=1S/C28H35NO5SSi/c1-26(2,3)33-25(31)29-21-18-22(35-23(21)24(30)32-7)28(34-36-27(4,5)6,19-14-10-8-11-15-19)20-16-12-9-13-17-20/h8-18H,36H2,1-7H3,(H,29,31). The number of anilines is 1. The van der Waals surface area contributed by atoms with E-state index < -0.39 is 33.0 Å². The molecule has 192 valence electrons. The molecule has 3 aromatic rings. The molecule has 2 aromatic carbocycles. The lowest BCUT2D eigenvalue weighted by Crippen LogP contribution is -2.35. The molecule has 36 heavy (non-hydrogen) atoms. The van der Waals surface area contributed by atoms with Crippen molar-refractivity contribution >= 4 is 38.8 Å². The van der Waals surface area contributed by atoms with Crippen LogP contribution in [0, 0.1) is 0 Å². The summed E-state index contributed by atoms with van der Waals surface area (Å²) in [5.41, 5.74) is 0.550. The fraction of sp³-hybridized carbons (Fsp3) is 0.357. The summed E-state index contributed by atoms with van der Waals surface area (Å²) < 4.78 is 17.5. The highest BCUT2D eigenvalue weighted by molar-refractivity contribution is 7.14. The molecule has 3 rings (SSSR count). The molecule has 0 bridgehead atoms. The molecule has 0 aliphatic carbocycles. The molecule has 0 fully saturated rings. The van der Waals surface area contributed by atoms with Crippen LogP contribution >= 0.6 is 11.3 Å². The molecule has 1 amide bonds. The minimum absolute atomic E-state index is 0.00877. The molecule has 0 aliphatic rings. The smallest absolute Gasteiger partial charge is 0.412 e. The van der Waals surface area contributed by atoms with Crippen molar-refractivity contribution in [3.8, 4) is 0 Å². The van der Waals surface area contributed by atoms with E-state index in [0.29, 0.717) is 5.69 Å². The third kappa shape index (κ3) is 6.63. The van der Waals surface area contributed by atoms with Crippen molar-refractivity contribution in [2.24, 2.45) is 0 Å². The Labute approximate surface area is 219 Å². The first-order valence-electron chi connectivity index (χ1n) is 11.8.